The SMILES string of the molecule is N[C@H]([C]=O)CCCCNC(=O)[C@@H](N)CCCCNC(=O)CC[C@H](NC(=O)CC[C@H](NC(=O)CCCCCCCCCCOc1ccc(C(=O)O)cc1)C(=O)O)C(=O)O. The Bertz CT molecular complexity index is 1430. The Balaban J connectivity index is 2.18. The summed E-state index contributed by atoms with van der Waals surface area (Å²) < 4.78 is 5.63. The lowest BCUT2D eigenvalue weighted by molar-refractivity contribution is -0.143. The molecular weight excluding hydrogens is 756 g/mol. The Labute approximate surface area is 340 Å². The molecule has 1 radical (unpaired) electrons. The van der Waals surface area contributed by atoms with Crippen molar-refractivity contribution in [3.8, 4) is 5.75 Å². The summed E-state index contributed by atoms with van der Waals surface area (Å²) in [6.45, 7) is 1.24. The van der Waals surface area contributed by atoms with Crippen LogP contribution in [-0.2, 0) is 33.6 Å². The molecule has 0 saturated carbocycles. The van der Waals surface area contributed by atoms with Crippen LogP contribution in [0.15, 0.2) is 24.3 Å². The zero-order valence-corrected chi connectivity index (χ0v) is 33.3. The number of rotatable bonds is 35. The Kier molecular flexibility index (Phi) is 27.2. The summed E-state index contributed by atoms with van der Waals surface area (Å²) in [5.41, 5.74) is 11.6. The third-order valence-electron chi connectivity index (χ3n) is 9.25. The Hall–Kier alpha value is -5.10. The number of hydrogen-bond donors (Lipinski definition) is 9. The number of carboxylic acid groups (broad SMARTS) is 3. The van der Waals surface area contributed by atoms with Gasteiger partial charge in [-0.1, -0.05) is 38.5 Å². The van der Waals surface area contributed by atoms with Crippen molar-refractivity contribution >= 4 is 47.8 Å². The van der Waals surface area contributed by atoms with E-state index in [0.29, 0.717) is 63.8 Å². The van der Waals surface area contributed by atoms with Crippen molar-refractivity contribution in [2.45, 2.75) is 146 Å². The lowest BCUT2D eigenvalue weighted by Gasteiger charge is -2.17. The Morgan fingerprint density at radius 3 is 1.64 bits per heavy atom. The zero-order valence-electron chi connectivity index (χ0n) is 33.3. The highest BCUT2D eigenvalue weighted by atomic mass is 16.5. The van der Waals surface area contributed by atoms with Gasteiger partial charge in [0, 0.05) is 32.4 Å². The fraction of sp³-hybridized carbons (Fsp3) is 0.650. The summed E-state index contributed by atoms with van der Waals surface area (Å²) in [4.78, 5) is 94.0. The summed E-state index contributed by atoms with van der Waals surface area (Å²) in [5, 5.41) is 38.2. The number of carbonyl (C=O) groups is 7. The molecule has 11 N–H and O–H groups in total. The standard InChI is InChI=1S/C40H63N6O12/c41-29(27-47)13-8-10-25-44-37(51)31(42)14-9-11-24-43-34(48)22-20-32(39(54)55)46-36(50)23-21-33(40(56)57)45-35(49)15-7-5-3-1-2-4-6-12-26-58-30-18-16-28(17-19-30)38(52)53/h16-19,29,31-33H,1-15,20-26,41-42H2,(H,43,48)(H,44,51)(H,45,49)(H,46,50)(H,52,53)(H,54,55)(H,56,57)/t29-,31-,32-,33-/m0/s1. The molecule has 0 fully saturated rings. The summed E-state index contributed by atoms with van der Waals surface area (Å²) in [5.74, 6) is -4.92. The van der Waals surface area contributed by atoms with E-state index >= 15 is 0 Å². The first-order chi connectivity index (χ1) is 27.7. The third kappa shape index (κ3) is 25.2. The number of amides is 4. The molecule has 0 heterocycles. The fourth-order valence-corrected chi connectivity index (χ4v) is 5.76. The number of nitrogens with one attached hydrogen (secondary N) is 4. The number of benzene rings is 1. The third-order valence-corrected chi connectivity index (χ3v) is 9.25. The van der Waals surface area contributed by atoms with Gasteiger partial charge in [-0.15, -0.1) is 0 Å². The van der Waals surface area contributed by atoms with Crippen molar-refractivity contribution in [2.75, 3.05) is 19.7 Å². The molecule has 0 aliphatic rings. The summed E-state index contributed by atoms with van der Waals surface area (Å²) in [6, 6.07) is 2.23. The largest absolute Gasteiger partial charge is 0.494 e. The molecule has 1 aromatic carbocycles. The minimum atomic E-state index is -1.38. The van der Waals surface area contributed by atoms with Crippen molar-refractivity contribution < 1.29 is 58.4 Å². The smallest absolute Gasteiger partial charge is 0.335 e. The molecule has 0 bridgehead atoms. The van der Waals surface area contributed by atoms with E-state index in [2.05, 4.69) is 21.3 Å². The number of carbonyl (C=O) groups excluding carboxylic acids is 5. The van der Waals surface area contributed by atoms with Crippen LogP contribution in [0.3, 0.4) is 0 Å². The summed E-state index contributed by atoms with van der Waals surface area (Å²) in [7, 11) is 0. The molecule has 58 heavy (non-hydrogen) atoms. The van der Waals surface area contributed by atoms with Crippen LogP contribution in [0, 0.1) is 0 Å². The van der Waals surface area contributed by atoms with Gasteiger partial charge in [-0.25, -0.2) is 14.4 Å². The molecule has 0 aliphatic heterocycles. The van der Waals surface area contributed by atoms with Crippen LogP contribution in [0.2, 0.25) is 0 Å². The van der Waals surface area contributed by atoms with Gasteiger partial charge in [0.05, 0.1) is 24.3 Å². The maximum absolute atomic E-state index is 12.5. The van der Waals surface area contributed by atoms with Gasteiger partial charge in [0.2, 0.25) is 29.9 Å². The second-order valence-corrected chi connectivity index (χ2v) is 14.2. The second-order valence-electron chi connectivity index (χ2n) is 14.2. The first-order valence-corrected chi connectivity index (χ1v) is 20.2. The second kappa shape index (κ2) is 31.0. The minimum absolute atomic E-state index is 0.135. The molecule has 325 valence electrons. The first-order valence-electron chi connectivity index (χ1n) is 20.2. The maximum atomic E-state index is 12.5. The zero-order chi connectivity index (χ0) is 43.1. The number of nitrogens with two attached hydrogens (primary N) is 2. The van der Waals surface area contributed by atoms with E-state index in [1.165, 1.54) is 12.1 Å². The van der Waals surface area contributed by atoms with E-state index < -0.39 is 59.8 Å². The number of hydrogen-bond acceptors (Lipinski definition) is 11. The monoisotopic (exact) mass is 819 g/mol. The quantitative estimate of drug-likeness (QED) is 0.0444. The van der Waals surface area contributed by atoms with E-state index in [4.69, 9.17) is 21.3 Å². The van der Waals surface area contributed by atoms with Crippen LogP contribution in [0.4, 0.5) is 0 Å². The molecule has 18 nitrogen and oxygen atoms in total. The highest BCUT2D eigenvalue weighted by Crippen LogP contribution is 2.14. The van der Waals surface area contributed by atoms with E-state index in [-0.39, 0.29) is 50.1 Å². The molecule has 18 heteroatoms. The highest BCUT2D eigenvalue weighted by molar-refractivity contribution is 5.88. The van der Waals surface area contributed by atoms with E-state index in [9.17, 15) is 48.6 Å². The maximum Gasteiger partial charge on any atom is 0.335 e. The lowest BCUT2D eigenvalue weighted by Crippen LogP contribution is -2.44. The lowest BCUT2D eigenvalue weighted by atomic mass is 10.1. The molecule has 1 aromatic rings. The van der Waals surface area contributed by atoms with Gasteiger partial charge in [-0.2, -0.15) is 0 Å². The number of carboxylic acids is 3. The van der Waals surface area contributed by atoms with Gasteiger partial charge in [0.25, 0.3) is 0 Å². The van der Waals surface area contributed by atoms with Crippen LogP contribution < -0.4 is 37.5 Å². The van der Waals surface area contributed by atoms with Gasteiger partial charge in [0.15, 0.2) is 0 Å². The van der Waals surface area contributed by atoms with Gasteiger partial charge in [-0.05, 0) is 88.5 Å². The van der Waals surface area contributed by atoms with Crippen molar-refractivity contribution in [2.24, 2.45) is 11.5 Å². The van der Waals surface area contributed by atoms with E-state index in [1.54, 1.807) is 18.4 Å². The average Bonchev–Trinajstić information content (AvgIpc) is 3.19. The van der Waals surface area contributed by atoms with E-state index in [1.807, 2.05) is 0 Å². The normalized spacial score (nSPS) is 12.9. The molecule has 0 aromatic heterocycles. The molecule has 0 saturated heterocycles. The number of aliphatic carboxylic acids is 2. The average molecular weight is 820 g/mol. The molecular formula is C40H63N6O12. The molecule has 1 rings (SSSR count). The molecule has 0 aliphatic carbocycles. The predicted octanol–water partition coefficient (Wildman–Crippen LogP) is 2.31. The van der Waals surface area contributed by atoms with Crippen molar-refractivity contribution in [1.82, 2.24) is 21.3 Å². The van der Waals surface area contributed by atoms with Gasteiger partial charge < -0.3 is 52.8 Å². The van der Waals surface area contributed by atoms with Gasteiger partial charge in [-0.3, -0.25) is 24.0 Å². The van der Waals surface area contributed by atoms with Crippen LogP contribution in [-0.4, -0.2) is 107 Å². The fourth-order valence-electron chi connectivity index (χ4n) is 5.76. The van der Waals surface area contributed by atoms with Crippen LogP contribution >= 0.6 is 0 Å². The molecule has 0 spiro atoms. The van der Waals surface area contributed by atoms with Gasteiger partial charge in [0.1, 0.15) is 17.8 Å². The number of ether oxygens (including phenoxy) is 1. The number of aromatic carboxylic acids is 1. The van der Waals surface area contributed by atoms with Crippen molar-refractivity contribution in [3.63, 3.8) is 0 Å². The van der Waals surface area contributed by atoms with Crippen LogP contribution in [0.5, 0.6) is 5.75 Å². The topological polar surface area (TPSA) is 307 Å². The van der Waals surface area contributed by atoms with Crippen molar-refractivity contribution in [3.05, 3.63) is 29.8 Å². The molecule has 0 unspecified atom stereocenters. The molecule has 4 atom stereocenters. The van der Waals surface area contributed by atoms with E-state index in [0.717, 1.165) is 44.9 Å². The van der Waals surface area contributed by atoms with Crippen molar-refractivity contribution in [1.29, 1.82) is 0 Å². The van der Waals surface area contributed by atoms with Crippen LogP contribution in [0.1, 0.15) is 132 Å². The summed E-state index contributed by atoms with van der Waals surface area (Å²) in [6.07, 6.45) is 11.4. The summed E-state index contributed by atoms with van der Waals surface area (Å²) >= 11 is 0. The van der Waals surface area contributed by atoms with Gasteiger partial charge >= 0.3 is 17.9 Å². The Morgan fingerprint density at radius 2 is 1.09 bits per heavy atom. The predicted molar refractivity (Wildman–Crippen MR) is 213 cm³/mol. The minimum Gasteiger partial charge on any atom is -0.494 e. The van der Waals surface area contributed by atoms with Crippen LogP contribution in [0.25, 0.3) is 0 Å². The molecule has 4 amide bonds. The first kappa shape index (κ1) is 50.9. The highest BCUT2D eigenvalue weighted by Gasteiger charge is 2.24. The Morgan fingerprint density at radius 1 is 0.586 bits per heavy atom. The number of unbranched alkanes of at least 4 members (excludes halogenated alkanes) is 9.